The van der Waals surface area contributed by atoms with Crippen LogP contribution in [0.1, 0.15) is 50.8 Å². The van der Waals surface area contributed by atoms with Gasteiger partial charge in [0.2, 0.25) is 0 Å². The number of nitrogens with two attached hydrogens (primary N) is 1. The molecule has 19 heavy (non-hydrogen) atoms. The number of benzene rings is 1. The fourth-order valence-electron chi connectivity index (χ4n) is 1.66. The van der Waals surface area contributed by atoms with Gasteiger partial charge in [-0.3, -0.25) is 4.79 Å². The molecule has 2 atom stereocenters. The summed E-state index contributed by atoms with van der Waals surface area (Å²) in [6.07, 6.45) is 0. The molecule has 0 aromatic heterocycles. The molecule has 106 valence electrons. The zero-order chi connectivity index (χ0) is 14.6. The first-order chi connectivity index (χ1) is 8.74. The Bertz CT molecular complexity index is 420. The third-order valence-electron chi connectivity index (χ3n) is 2.82. The quantitative estimate of drug-likeness (QED) is 0.818. The summed E-state index contributed by atoms with van der Waals surface area (Å²) in [5.41, 5.74) is 6.97. The fraction of sp³-hybridized carbons (Fsp3) is 0.533. The van der Waals surface area contributed by atoms with Crippen molar-refractivity contribution in [3.8, 4) is 0 Å². The Kier molecular flexibility index (Phi) is 5.09. The van der Waals surface area contributed by atoms with Gasteiger partial charge in [0.1, 0.15) is 5.60 Å². The molecule has 0 radical (unpaired) electrons. The molecule has 0 heterocycles. The number of aliphatic hydroxyl groups excluding tert-OH is 1. The minimum absolute atomic E-state index is 0.0963. The normalized spacial score (nSPS) is 14.8. The van der Waals surface area contributed by atoms with E-state index in [2.05, 4.69) is 0 Å². The Hall–Kier alpha value is -1.39. The van der Waals surface area contributed by atoms with Gasteiger partial charge in [-0.2, -0.15) is 0 Å². The molecule has 0 saturated carbocycles. The Morgan fingerprint density at radius 1 is 1.26 bits per heavy atom. The van der Waals surface area contributed by atoms with Crippen molar-refractivity contribution < 1.29 is 14.6 Å². The van der Waals surface area contributed by atoms with E-state index < -0.39 is 5.60 Å². The minimum Gasteiger partial charge on any atom is -0.460 e. The van der Waals surface area contributed by atoms with E-state index in [-0.39, 0.29) is 24.5 Å². The molecule has 1 rings (SSSR count). The number of carbonyl (C=O) groups is 1. The van der Waals surface area contributed by atoms with Crippen molar-refractivity contribution in [2.45, 2.75) is 45.3 Å². The molecule has 0 aliphatic carbocycles. The van der Waals surface area contributed by atoms with Crippen molar-refractivity contribution in [2.24, 2.45) is 5.73 Å². The molecule has 0 spiro atoms. The SMILES string of the molecule is C[C@@H](C(=O)OC(C)(C)C)c1ccc([C@H](N)CO)cc1. The van der Waals surface area contributed by atoms with Gasteiger partial charge in [0.05, 0.1) is 18.6 Å². The third kappa shape index (κ3) is 4.65. The molecular formula is C15H23NO3. The molecule has 0 aliphatic heterocycles. The summed E-state index contributed by atoms with van der Waals surface area (Å²) >= 11 is 0. The number of esters is 1. The van der Waals surface area contributed by atoms with E-state index in [4.69, 9.17) is 15.6 Å². The largest absolute Gasteiger partial charge is 0.460 e. The Balaban J connectivity index is 2.78. The highest BCUT2D eigenvalue weighted by atomic mass is 16.6. The molecule has 0 amide bonds. The minimum atomic E-state index is -0.482. The van der Waals surface area contributed by atoms with Gasteiger partial charge < -0.3 is 15.6 Å². The topological polar surface area (TPSA) is 72.5 Å². The molecular weight excluding hydrogens is 242 g/mol. The lowest BCUT2D eigenvalue weighted by molar-refractivity contribution is -0.156. The Labute approximate surface area is 114 Å². The van der Waals surface area contributed by atoms with Gasteiger partial charge in [-0.15, -0.1) is 0 Å². The summed E-state index contributed by atoms with van der Waals surface area (Å²) in [6.45, 7) is 7.26. The zero-order valence-electron chi connectivity index (χ0n) is 12.0. The molecule has 0 unspecified atom stereocenters. The van der Waals surface area contributed by atoms with Crippen LogP contribution < -0.4 is 5.73 Å². The first-order valence-electron chi connectivity index (χ1n) is 6.43. The van der Waals surface area contributed by atoms with Crippen LogP contribution in [0.2, 0.25) is 0 Å². The zero-order valence-corrected chi connectivity index (χ0v) is 12.0. The van der Waals surface area contributed by atoms with Crippen LogP contribution in [-0.2, 0) is 9.53 Å². The van der Waals surface area contributed by atoms with Gasteiger partial charge >= 0.3 is 5.97 Å². The maximum atomic E-state index is 11.9. The highest BCUT2D eigenvalue weighted by Crippen LogP contribution is 2.21. The highest BCUT2D eigenvalue weighted by Gasteiger charge is 2.22. The van der Waals surface area contributed by atoms with E-state index in [1.807, 2.05) is 52.0 Å². The van der Waals surface area contributed by atoms with Gasteiger partial charge in [-0.1, -0.05) is 24.3 Å². The predicted octanol–water partition coefficient (Wildman–Crippen LogP) is 2.12. The summed E-state index contributed by atoms with van der Waals surface area (Å²) in [5, 5.41) is 8.98. The average molecular weight is 265 g/mol. The van der Waals surface area contributed by atoms with Gasteiger partial charge in [0.25, 0.3) is 0 Å². The van der Waals surface area contributed by atoms with Gasteiger partial charge in [0, 0.05) is 0 Å². The van der Waals surface area contributed by atoms with Crippen LogP contribution in [0.3, 0.4) is 0 Å². The lowest BCUT2D eigenvalue weighted by Crippen LogP contribution is -2.26. The van der Waals surface area contributed by atoms with Crippen LogP contribution in [0.15, 0.2) is 24.3 Å². The summed E-state index contributed by atoms with van der Waals surface area (Å²) in [6, 6.07) is 6.97. The summed E-state index contributed by atoms with van der Waals surface area (Å²) in [4.78, 5) is 11.9. The van der Waals surface area contributed by atoms with E-state index >= 15 is 0 Å². The van der Waals surface area contributed by atoms with E-state index in [9.17, 15) is 4.79 Å². The first kappa shape index (κ1) is 15.7. The molecule has 4 heteroatoms. The lowest BCUT2D eigenvalue weighted by Gasteiger charge is -2.22. The van der Waals surface area contributed by atoms with Crippen molar-refractivity contribution in [1.29, 1.82) is 0 Å². The molecule has 0 saturated heterocycles. The molecule has 1 aromatic rings. The van der Waals surface area contributed by atoms with Crippen molar-refractivity contribution in [2.75, 3.05) is 6.61 Å². The summed E-state index contributed by atoms with van der Waals surface area (Å²) < 4.78 is 5.35. The highest BCUT2D eigenvalue weighted by molar-refractivity contribution is 5.78. The Morgan fingerprint density at radius 2 is 1.74 bits per heavy atom. The average Bonchev–Trinajstić information content (AvgIpc) is 2.35. The van der Waals surface area contributed by atoms with Gasteiger partial charge in [0.15, 0.2) is 0 Å². The number of hydrogen-bond acceptors (Lipinski definition) is 4. The summed E-state index contributed by atoms with van der Waals surface area (Å²) in [7, 11) is 0. The molecule has 0 aliphatic rings. The monoisotopic (exact) mass is 265 g/mol. The maximum Gasteiger partial charge on any atom is 0.313 e. The van der Waals surface area contributed by atoms with Crippen molar-refractivity contribution >= 4 is 5.97 Å². The van der Waals surface area contributed by atoms with Crippen molar-refractivity contribution in [3.63, 3.8) is 0 Å². The molecule has 0 bridgehead atoms. The number of rotatable bonds is 4. The van der Waals surface area contributed by atoms with E-state index in [1.54, 1.807) is 0 Å². The molecule has 0 fully saturated rings. The van der Waals surface area contributed by atoms with E-state index in [1.165, 1.54) is 0 Å². The van der Waals surface area contributed by atoms with Crippen LogP contribution in [0, 0.1) is 0 Å². The van der Waals surface area contributed by atoms with Crippen LogP contribution in [-0.4, -0.2) is 23.3 Å². The second-order valence-corrected chi connectivity index (χ2v) is 5.71. The van der Waals surface area contributed by atoms with Crippen molar-refractivity contribution in [3.05, 3.63) is 35.4 Å². The number of ether oxygens (including phenoxy) is 1. The smallest absolute Gasteiger partial charge is 0.313 e. The van der Waals surface area contributed by atoms with Crippen LogP contribution >= 0.6 is 0 Å². The van der Waals surface area contributed by atoms with Crippen molar-refractivity contribution in [1.82, 2.24) is 0 Å². The van der Waals surface area contributed by atoms with Crippen LogP contribution in [0.4, 0.5) is 0 Å². The van der Waals surface area contributed by atoms with E-state index in [0.29, 0.717) is 0 Å². The number of aliphatic hydroxyl groups is 1. The maximum absolute atomic E-state index is 11.9. The fourth-order valence-corrected chi connectivity index (χ4v) is 1.66. The second kappa shape index (κ2) is 6.17. The molecule has 4 nitrogen and oxygen atoms in total. The molecule has 3 N–H and O–H groups in total. The van der Waals surface area contributed by atoms with Gasteiger partial charge in [-0.25, -0.2) is 0 Å². The lowest BCUT2D eigenvalue weighted by atomic mass is 9.98. The first-order valence-corrected chi connectivity index (χ1v) is 6.43. The van der Waals surface area contributed by atoms with E-state index in [0.717, 1.165) is 11.1 Å². The molecule has 1 aromatic carbocycles. The second-order valence-electron chi connectivity index (χ2n) is 5.71. The summed E-state index contributed by atoms with van der Waals surface area (Å²) in [5.74, 6) is -0.565. The number of carbonyl (C=O) groups excluding carboxylic acids is 1. The van der Waals surface area contributed by atoms with Gasteiger partial charge in [-0.05, 0) is 38.8 Å². The Morgan fingerprint density at radius 3 is 2.16 bits per heavy atom. The van der Waals surface area contributed by atoms with Crippen LogP contribution in [0.25, 0.3) is 0 Å². The number of hydrogen-bond donors (Lipinski definition) is 2. The predicted molar refractivity (Wildman–Crippen MR) is 74.7 cm³/mol. The van der Waals surface area contributed by atoms with Crippen LogP contribution in [0.5, 0.6) is 0 Å². The standard InChI is InChI=1S/C15H23NO3/c1-10(14(18)19-15(2,3)4)11-5-7-12(8-6-11)13(16)9-17/h5-8,10,13,17H,9,16H2,1-4H3/t10-,13-/m1/s1. The third-order valence-corrected chi connectivity index (χ3v) is 2.82.